The first-order chi connectivity index (χ1) is 7.33. The number of pyridine rings is 1. The number of fused-ring (bicyclic) bond motifs is 2. The van der Waals surface area contributed by atoms with Gasteiger partial charge in [0.05, 0.1) is 11.0 Å². The molecule has 0 N–H and O–H groups in total. The molecular formula is C13H9NS. The fourth-order valence-corrected chi connectivity index (χ4v) is 1.96. The number of aromatic nitrogens is 1. The molecule has 0 radical (unpaired) electrons. The third kappa shape index (κ3) is 1.47. The van der Waals surface area contributed by atoms with Gasteiger partial charge in [-0.25, -0.2) is 4.98 Å². The molecule has 0 aliphatic carbocycles. The quantitative estimate of drug-likeness (QED) is 0.442. The van der Waals surface area contributed by atoms with E-state index in [0.29, 0.717) is 0 Å². The normalized spacial score (nSPS) is 11.0. The number of benzene rings is 2. The van der Waals surface area contributed by atoms with Crippen LogP contribution in [0, 0.1) is 0 Å². The molecule has 0 spiro atoms. The molecule has 2 heteroatoms. The van der Waals surface area contributed by atoms with Crippen LogP contribution in [0.1, 0.15) is 0 Å². The maximum absolute atomic E-state index is 4.59. The van der Waals surface area contributed by atoms with Crippen LogP contribution in [-0.4, -0.2) is 4.98 Å². The highest BCUT2D eigenvalue weighted by Crippen LogP contribution is 2.21. The molecule has 3 rings (SSSR count). The molecule has 0 saturated carbocycles. The summed E-state index contributed by atoms with van der Waals surface area (Å²) in [6.07, 6.45) is 0. The van der Waals surface area contributed by atoms with Crippen molar-refractivity contribution < 1.29 is 0 Å². The lowest BCUT2D eigenvalue weighted by molar-refractivity contribution is 1.44. The van der Waals surface area contributed by atoms with Crippen LogP contribution in [0.2, 0.25) is 0 Å². The van der Waals surface area contributed by atoms with Gasteiger partial charge in [-0.3, -0.25) is 0 Å². The van der Waals surface area contributed by atoms with Crippen LogP contribution >= 0.6 is 12.6 Å². The first-order valence-corrected chi connectivity index (χ1v) is 5.26. The molecule has 0 unspecified atom stereocenters. The molecule has 3 aromatic rings. The minimum absolute atomic E-state index is 0.949. The Morgan fingerprint density at radius 2 is 1.60 bits per heavy atom. The zero-order valence-corrected chi connectivity index (χ0v) is 8.91. The zero-order chi connectivity index (χ0) is 10.3. The van der Waals surface area contributed by atoms with Crippen molar-refractivity contribution in [3.8, 4) is 0 Å². The lowest BCUT2D eigenvalue weighted by Gasteiger charge is -2.01. The van der Waals surface area contributed by atoms with E-state index in [4.69, 9.17) is 0 Å². The summed E-state index contributed by atoms with van der Waals surface area (Å²) in [7, 11) is 0. The molecule has 0 saturated heterocycles. The first-order valence-electron chi connectivity index (χ1n) is 4.81. The molecule has 0 fully saturated rings. The molecule has 0 amide bonds. The number of rotatable bonds is 0. The second-order valence-electron chi connectivity index (χ2n) is 3.56. The number of thiol groups is 1. The third-order valence-electron chi connectivity index (χ3n) is 2.50. The standard InChI is InChI=1S/C13H9NS/c15-11-6-5-10-7-9-3-1-2-4-12(9)14-13(10)8-11/h1-8,15H. The van der Waals surface area contributed by atoms with E-state index in [9.17, 15) is 0 Å². The van der Waals surface area contributed by atoms with Crippen LogP contribution in [0.15, 0.2) is 53.4 Å². The molecule has 0 aliphatic heterocycles. The van der Waals surface area contributed by atoms with E-state index in [1.165, 1.54) is 5.39 Å². The van der Waals surface area contributed by atoms with Crippen LogP contribution in [0.4, 0.5) is 0 Å². The summed E-state index contributed by atoms with van der Waals surface area (Å²) in [4.78, 5) is 5.54. The van der Waals surface area contributed by atoms with Gasteiger partial charge in [-0.1, -0.05) is 24.3 Å². The number of nitrogens with zero attached hydrogens (tertiary/aromatic N) is 1. The Labute approximate surface area is 93.2 Å². The molecule has 2 aromatic carbocycles. The van der Waals surface area contributed by atoms with E-state index in [0.717, 1.165) is 21.3 Å². The van der Waals surface area contributed by atoms with Crippen molar-refractivity contribution >= 4 is 34.4 Å². The minimum Gasteiger partial charge on any atom is -0.248 e. The molecule has 0 bridgehead atoms. The van der Waals surface area contributed by atoms with Crippen molar-refractivity contribution in [2.24, 2.45) is 0 Å². The molecule has 72 valence electrons. The van der Waals surface area contributed by atoms with Gasteiger partial charge in [0.25, 0.3) is 0 Å². The monoisotopic (exact) mass is 211 g/mol. The van der Waals surface area contributed by atoms with E-state index in [1.54, 1.807) is 0 Å². The molecule has 0 aliphatic rings. The second kappa shape index (κ2) is 3.24. The average molecular weight is 211 g/mol. The predicted octanol–water partition coefficient (Wildman–Crippen LogP) is 3.68. The van der Waals surface area contributed by atoms with E-state index in [1.807, 2.05) is 30.3 Å². The van der Waals surface area contributed by atoms with Gasteiger partial charge in [-0.05, 0) is 24.3 Å². The molecule has 1 aromatic heterocycles. The fraction of sp³-hybridized carbons (Fsp3) is 0. The van der Waals surface area contributed by atoms with Crippen LogP contribution in [0.25, 0.3) is 21.8 Å². The number of hydrogen-bond donors (Lipinski definition) is 1. The predicted molar refractivity (Wildman–Crippen MR) is 66.5 cm³/mol. The summed E-state index contributed by atoms with van der Waals surface area (Å²) in [5, 5.41) is 2.34. The Balaban J connectivity index is 2.47. The summed E-state index contributed by atoms with van der Waals surface area (Å²) in [5.74, 6) is 0. The van der Waals surface area contributed by atoms with E-state index in [-0.39, 0.29) is 0 Å². The Hall–Kier alpha value is -1.54. The Bertz CT molecular complexity index is 646. The molecule has 1 heterocycles. The highest BCUT2D eigenvalue weighted by atomic mass is 32.1. The maximum atomic E-state index is 4.59. The van der Waals surface area contributed by atoms with E-state index in [2.05, 4.69) is 35.8 Å². The smallest absolute Gasteiger partial charge is 0.0720 e. The van der Waals surface area contributed by atoms with E-state index >= 15 is 0 Å². The van der Waals surface area contributed by atoms with Crippen molar-refractivity contribution in [3.63, 3.8) is 0 Å². The summed E-state index contributed by atoms with van der Waals surface area (Å²) in [5.41, 5.74) is 2.03. The van der Waals surface area contributed by atoms with Crippen molar-refractivity contribution in [2.45, 2.75) is 4.90 Å². The maximum Gasteiger partial charge on any atom is 0.0720 e. The van der Waals surface area contributed by atoms with Gasteiger partial charge in [0, 0.05) is 15.7 Å². The molecular weight excluding hydrogens is 202 g/mol. The SMILES string of the molecule is Sc1ccc2cc3ccccc3nc2c1. The van der Waals surface area contributed by atoms with Crippen LogP contribution in [0.3, 0.4) is 0 Å². The summed E-state index contributed by atoms with van der Waals surface area (Å²) in [6, 6.07) is 16.3. The fourth-order valence-electron chi connectivity index (χ4n) is 1.76. The van der Waals surface area contributed by atoms with Crippen LogP contribution in [-0.2, 0) is 0 Å². The van der Waals surface area contributed by atoms with Crippen molar-refractivity contribution in [3.05, 3.63) is 48.5 Å². The highest BCUT2D eigenvalue weighted by molar-refractivity contribution is 7.80. The Kier molecular flexibility index (Phi) is 1.89. The average Bonchev–Trinajstić information content (AvgIpc) is 2.26. The topological polar surface area (TPSA) is 12.9 Å². The van der Waals surface area contributed by atoms with Crippen LogP contribution in [0.5, 0.6) is 0 Å². The zero-order valence-electron chi connectivity index (χ0n) is 8.01. The minimum atomic E-state index is 0.949. The molecule has 1 nitrogen and oxygen atoms in total. The van der Waals surface area contributed by atoms with Gasteiger partial charge in [-0.15, -0.1) is 12.6 Å². The highest BCUT2D eigenvalue weighted by Gasteiger charge is 1.98. The third-order valence-corrected chi connectivity index (χ3v) is 2.78. The van der Waals surface area contributed by atoms with Crippen molar-refractivity contribution in [1.29, 1.82) is 0 Å². The lowest BCUT2D eigenvalue weighted by atomic mass is 10.1. The Morgan fingerprint density at radius 1 is 0.800 bits per heavy atom. The first kappa shape index (κ1) is 8.74. The largest absolute Gasteiger partial charge is 0.248 e. The van der Waals surface area contributed by atoms with Gasteiger partial charge < -0.3 is 0 Å². The molecule has 15 heavy (non-hydrogen) atoms. The Morgan fingerprint density at radius 3 is 2.53 bits per heavy atom. The van der Waals surface area contributed by atoms with Crippen molar-refractivity contribution in [2.75, 3.05) is 0 Å². The second-order valence-corrected chi connectivity index (χ2v) is 4.07. The van der Waals surface area contributed by atoms with Crippen molar-refractivity contribution in [1.82, 2.24) is 4.98 Å². The van der Waals surface area contributed by atoms with Gasteiger partial charge in [-0.2, -0.15) is 0 Å². The van der Waals surface area contributed by atoms with Crippen LogP contribution < -0.4 is 0 Å². The summed E-state index contributed by atoms with van der Waals surface area (Å²) < 4.78 is 0. The number of para-hydroxylation sites is 1. The molecule has 0 atom stereocenters. The van der Waals surface area contributed by atoms with Gasteiger partial charge in [0.2, 0.25) is 0 Å². The summed E-state index contributed by atoms with van der Waals surface area (Å²) in [6.45, 7) is 0. The van der Waals surface area contributed by atoms with Gasteiger partial charge in [0.15, 0.2) is 0 Å². The summed E-state index contributed by atoms with van der Waals surface area (Å²) >= 11 is 4.31. The van der Waals surface area contributed by atoms with Gasteiger partial charge >= 0.3 is 0 Å². The van der Waals surface area contributed by atoms with Gasteiger partial charge in [0.1, 0.15) is 0 Å². The number of hydrogen-bond acceptors (Lipinski definition) is 2. The van der Waals surface area contributed by atoms with E-state index < -0.39 is 0 Å². The lowest BCUT2D eigenvalue weighted by Crippen LogP contribution is -1.81.